The molecule has 10 nitrogen and oxygen atoms in total. The monoisotopic (exact) mass is 473 g/mol. The third kappa shape index (κ3) is 6.20. The van der Waals surface area contributed by atoms with Crippen LogP contribution in [-0.2, 0) is 24.3 Å². The first-order valence-corrected chi connectivity index (χ1v) is 10.4. The normalized spacial score (nSPS) is 12.3. The second kappa shape index (κ2) is 9.81. The highest BCUT2D eigenvalue weighted by molar-refractivity contribution is 7.89. The van der Waals surface area contributed by atoms with Gasteiger partial charge in [0.15, 0.2) is 6.10 Å². The molecule has 31 heavy (non-hydrogen) atoms. The lowest BCUT2D eigenvalue weighted by atomic mass is 10.2. The predicted molar refractivity (Wildman–Crippen MR) is 109 cm³/mol. The minimum Gasteiger partial charge on any atom is -0.452 e. The summed E-state index contributed by atoms with van der Waals surface area (Å²) in [5, 5.41) is 13.2. The number of nitro benzene ring substituents is 1. The fourth-order valence-corrected chi connectivity index (χ4v) is 3.58. The van der Waals surface area contributed by atoms with E-state index in [9.17, 15) is 32.5 Å². The molecule has 13 heteroatoms. The van der Waals surface area contributed by atoms with E-state index < -0.39 is 45.3 Å². The number of sulfonamides is 1. The van der Waals surface area contributed by atoms with Gasteiger partial charge in [-0.1, -0.05) is 11.6 Å². The van der Waals surface area contributed by atoms with Crippen LogP contribution < -0.4 is 5.32 Å². The Morgan fingerprint density at radius 3 is 2.45 bits per heavy atom. The largest absolute Gasteiger partial charge is 0.452 e. The van der Waals surface area contributed by atoms with Gasteiger partial charge >= 0.3 is 5.97 Å². The molecule has 0 heterocycles. The molecule has 1 N–H and O–H groups in total. The van der Waals surface area contributed by atoms with E-state index in [1.807, 2.05) is 0 Å². The van der Waals surface area contributed by atoms with E-state index >= 15 is 0 Å². The zero-order valence-electron chi connectivity index (χ0n) is 16.2. The van der Waals surface area contributed by atoms with Crippen molar-refractivity contribution in [2.24, 2.45) is 0 Å². The van der Waals surface area contributed by atoms with E-state index in [4.69, 9.17) is 16.3 Å². The van der Waals surface area contributed by atoms with Gasteiger partial charge < -0.3 is 10.1 Å². The van der Waals surface area contributed by atoms with Crippen LogP contribution in [0.2, 0.25) is 5.02 Å². The number of likely N-dealkylation sites (N-methyl/N-ethyl adjacent to an activating group) is 1. The summed E-state index contributed by atoms with van der Waals surface area (Å²) in [5.74, 6) is -2.48. The van der Waals surface area contributed by atoms with E-state index in [2.05, 4.69) is 5.32 Å². The number of benzene rings is 2. The number of halogens is 2. The lowest BCUT2D eigenvalue weighted by molar-refractivity contribution is -0.384. The Kier molecular flexibility index (Phi) is 7.65. The van der Waals surface area contributed by atoms with Crippen molar-refractivity contribution in [1.82, 2.24) is 4.31 Å². The number of carbonyl (C=O) groups is 2. The average Bonchev–Trinajstić information content (AvgIpc) is 2.69. The zero-order chi connectivity index (χ0) is 23.3. The number of rotatable bonds is 8. The van der Waals surface area contributed by atoms with Gasteiger partial charge in [0.25, 0.3) is 11.6 Å². The van der Waals surface area contributed by atoms with Crippen LogP contribution in [0.4, 0.5) is 15.8 Å². The maximum absolute atomic E-state index is 13.0. The van der Waals surface area contributed by atoms with E-state index in [0.29, 0.717) is 4.31 Å². The van der Waals surface area contributed by atoms with Crippen molar-refractivity contribution in [1.29, 1.82) is 0 Å². The standard InChI is InChI=1S/C18H17ClFN3O7S/c1-11(18(25)21-16-9-13(23(26)27)5-8-15(16)19)30-17(24)10-22(2)31(28,29)14-6-3-12(20)4-7-14/h3-9,11H,10H2,1-2H3,(H,21,25). The number of hydrogen-bond donors (Lipinski definition) is 1. The molecule has 2 aromatic rings. The Labute approximate surface area is 181 Å². The molecule has 0 aliphatic carbocycles. The molecule has 0 aliphatic rings. The Morgan fingerprint density at radius 1 is 1.26 bits per heavy atom. The fraction of sp³-hybridized carbons (Fsp3) is 0.222. The molecular weight excluding hydrogens is 457 g/mol. The number of nitrogens with one attached hydrogen (secondary N) is 1. The summed E-state index contributed by atoms with van der Waals surface area (Å²) >= 11 is 5.90. The topological polar surface area (TPSA) is 136 Å². The molecule has 0 saturated carbocycles. The number of nitro groups is 1. The van der Waals surface area contributed by atoms with Gasteiger partial charge in [-0.3, -0.25) is 19.7 Å². The number of carbonyl (C=O) groups excluding carboxylic acids is 2. The van der Waals surface area contributed by atoms with Crippen LogP contribution in [0.25, 0.3) is 0 Å². The highest BCUT2D eigenvalue weighted by Crippen LogP contribution is 2.27. The molecule has 0 saturated heterocycles. The second-order valence-corrected chi connectivity index (χ2v) is 8.71. The quantitative estimate of drug-likeness (QED) is 0.353. The third-order valence-electron chi connectivity index (χ3n) is 3.97. The first-order chi connectivity index (χ1) is 14.4. The Hall–Kier alpha value is -3.09. The number of non-ortho nitro benzene ring substituents is 1. The van der Waals surface area contributed by atoms with Crippen molar-refractivity contribution in [2.45, 2.75) is 17.9 Å². The summed E-state index contributed by atoms with van der Waals surface area (Å²) < 4.78 is 43.4. The first kappa shape index (κ1) is 24.2. The number of hydrogen-bond acceptors (Lipinski definition) is 7. The highest BCUT2D eigenvalue weighted by Gasteiger charge is 2.26. The van der Waals surface area contributed by atoms with E-state index in [-0.39, 0.29) is 21.3 Å². The van der Waals surface area contributed by atoms with Gasteiger partial charge in [0, 0.05) is 19.2 Å². The lowest BCUT2D eigenvalue weighted by Crippen LogP contribution is -2.37. The van der Waals surface area contributed by atoms with E-state index in [1.54, 1.807) is 0 Å². The van der Waals surface area contributed by atoms with E-state index in [1.165, 1.54) is 13.0 Å². The summed E-state index contributed by atoms with van der Waals surface area (Å²) in [7, 11) is -2.97. The molecule has 166 valence electrons. The second-order valence-electron chi connectivity index (χ2n) is 6.26. The predicted octanol–water partition coefficient (Wildman–Crippen LogP) is 2.58. The van der Waals surface area contributed by atoms with Crippen molar-refractivity contribution < 1.29 is 32.1 Å². The Morgan fingerprint density at radius 2 is 1.87 bits per heavy atom. The van der Waals surface area contributed by atoms with Crippen LogP contribution in [0, 0.1) is 15.9 Å². The Balaban J connectivity index is 2.00. The summed E-state index contributed by atoms with van der Waals surface area (Å²) in [6, 6.07) is 7.43. The number of amides is 1. The number of nitrogens with zero attached hydrogens (tertiary/aromatic N) is 2. The molecule has 0 aliphatic heterocycles. The van der Waals surface area contributed by atoms with Crippen molar-refractivity contribution in [3.63, 3.8) is 0 Å². The SMILES string of the molecule is CC(OC(=O)CN(C)S(=O)(=O)c1ccc(F)cc1)C(=O)Nc1cc([N+](=O)[O-])ccc1Cl. The van der Waals surface area contributed by atoms with Crippen LogP contribution in [0.15, 0.2) is 47.4 Å². The van der Waals surface area contributed by atoms with Crippen molar-refractivity contribution in [2.75, 3.05) is 18.9 Å². The highest BCUT2D eigenvalue weighted by atomic mass is 35.5. The maximum Gasteiger partial charge on any atom is 0.322 e. The lowest BCUT2D eigenvalue weighted by Gasteiger charge is -2.18. The molecular formula is C18H17ClFN3O7S. The van der Waals surface area contributed by atoms with Gasteiger partial charge in [0.1, 0.15) is 12.4 Å². The van der Waals surface area contributed by atoms with Crippen molar-refractivity contribution >= 4 is 44.9 Å². The Bertz CT molecular complexity index is 1110. The summed E-state index contributed by atoms with van der Waals surface area (Å²) in [6.45, 7) is 0.516. The third-order valence-corrected chi connectivity index (χ3v) is 6.12. The summed E-state index contributed by atoms with van der Waals surface area (Å²) in [5.41, 5.74) is -0.364. The first-order valence-electron chi connectivity index (χ1n) is 8.58. The fourth-order valence-electron chi connectivity index (χ4n) is 2.30. The molecule has 1 amide bonds. The van der Waals surface area contributed by atoms with Gasteiger partial charge in [-0.05, 0) is 37.3 Å². The molecule has 2 rings (SSSR count). The van der Waals surface area contributed by atoms with Crippen LogP contribution in [0.3, 0.4) is 0 Å². The molecule has 0 bridgehead atoms. The van der Waals surface area contributed by atoms with Gasteiger partial charge in [-0.15, -0.1) is 0 Å². The average molecular weight is 474 g/mol. The van der Waals surface area contributed by atoms with Gasteiger partial charge in [0.2, 0.25) is 10.0 Å². The number of anilines is 1. The van der Waals surface area contributed by atoms with Crippen LogP contribution in [-0.4, -0.2) is 49.2 Å². The molecule has 0 spiro atoms. The van der Waals surface area contributed by atoms with Gasteiger partial charge in [0.05, 0.1) is 20.5 Å². The minimum atomic E-state index is -4.09. The number of esters is 1. The molecule has 0 aromatic heterocycles. The van der Waals surface area contributed by atoms with Crippen LogP contribution in [0.1, 0.15) is 6.92 Å². The van der Waals surface area contributed by atoms with E-state index in [0.717, 1.165) is 43.4 Å². The molecule has 0 radical (unpaired) electrons. The molecule has 1 atom stereocenters. The molecule has 2 aromatic carbocycles. The smallest absolute Gasteiger partial charge is 0.322 e. The van der Waals surface area contributed by atoms with Crippen molar-refractivity contribution in [3.8, 4) is 0 Å². The maximum atomic E-state index is 13.0. The van der Waals surface area contributed by atoms with Gasteiger partial charge in [-0.25, -0.2) is 12.8 Å². The molecule has 1 unspecified atom stereocenters. The molecule has 0 fully saturated rings. The zero-order valence-corrected chi connectivity index (χ0v) is 17.8. The van der Waals surface area contributed by atoms with Crippen LogP contribution in [0.5, 0.6) is 0 Å². The minimum absolute atomic E-state index is 0.0302. The number of ether oxygens (including phenoxy) is 1. The van der Waals surface area contributed by atoms with Crippen LogP contribution >= 0.6 is 11.6 Å². The summed E-state index contributed by atoms with van der Waals surface area (Å²) in [6.07, 6.45) is -1.36. The van der Waals surface area contributed by atoms with Gasteiger partial charge in [-0.2, -0.15) is 4.31 Å². The summed E-state index contributed by atoms with van der Waals surface area (Å²) in [4.78, 5) is 34.3. The van der Waals surface area contributed by atoms with Crippen molar-refractivity contribution in [3.05, 3.63) is 63.4 Å².